The maximum absolute atomic E-state index is 13.2. The fourth-order valence-corrected chi connectivity index (χ4v) is 7.34. The number of aryl methyl sites for hydroxylation is 1. The number of carboxylic acids is 1. The first kappa shape index (κ1) is 29.3. The lowest BCUT2D eigenvalue weighted by Gasteiger charge is -2.51. The van der Waals surface area contributed by atoms with Crippen LogP contribution in [-0.2, 0) is 16.6 Å². The van der Waals surface area contributed by atoms with Crippen LogP contribution < -0.4 is 21.9 Å². The van der Waals surface area contributed by atoms with Crippen LogP contribution in [0.15, 0.2) is 31.0 Å². The Morgan fingerprint density at radius 2 is 2.08 bits per heavy atom. The van der Waals surface area contributed by atoms with Crippen molar-refractivity contribution in [3.8, 4) is 0 Å². The monoisotopic (exact) mass is 573 g/mol. The highest BCUT2D eigenvalue weighted by Gasteiger charge is 2.56. The highest BCUT2D eigenvalue weighted by Crippen LogP contribution is 2.46. The second-order valence-corrected chi connectivity index (χ2v) is 11.4. The van der Waals surface area contributed by atoms with Crippen LogP contribution >= 0.6 is 35.3 Å². The number of nitrogens with one attached hydrogen (secondary N) is 3. The van der Waals surface area contributed by atoms with E-state index < -0.39 is 34.4 Å². The third-order valence-corrected chi connectivity index (χ3v) is 9.17. The molecule has 1 aromatic rings. The van der Waals surface area contributed by atoms with Crippen molar-refractivity contribution in [2.75, 3.05) is 30.3 Å². The quantitative estimate of drug-likeness (QED) is 0.0576. The number of β-lactam (4-membered cyclic amide) rings is 1. The summed E-state index contributed by atoms with van der Waals surface area (Å²) in [6, 6.07) is -0.590. The van der Waals surface area contributed by atoms with Crippen LogP contribution in [-0.4, -0.2) is 88.8 Å². The topological polar surface area (TPSA) is 182 Å². The minimum absolute atomic E-state index is 0.0916. The predicted octanol–water partition coefficient (Wildman–Crippen LogP) is 0.277. The third-order valence-electron chi connectivity index (χ3n) is 5.62. The maximum atomic E-state index is 13.2. The second-order valence-electron chi connectivity index (χ2n) is 8.34. The average molecular weight is 574 g/mol. The van der Waals surface area contributed by atoms with Crippen LogP contribution in [0.4, 0.5) is 0 Å². The van der Waals surface area contributed by atoms with Crippen LogP contribution in [0.25, 0.3) is 0 Å². The van der Waals surface area contributed by atoms with Gasteiger partial charge in [0.1, 0.15) is 5.70 Å². The Morgan fingerprint density at radius 3 is 2.73 bits per heavy atom. The number of hydroxylamine groups is 1. The zero-order chi connectivity index (χ0) is 27.1. The minimum Gasteiger partial charge on any atom is -0.477 e. The molecule has 3 heterocycles. The van der Waals surface area contributed by atoms with Gasteiger partial charge >= 0.3 is 17.1 Å². The zero-order valence-electron chi connectivity index (χ0n) is 20.7. The lowest BCUT2D eigenvalue weighted by Crippen LogP contribution is -2.67. The number of thioether (sulfide) groups is 3. The molecule has 0 bridgehead atoms. The summed E-state index contributed by atoms with van der Waals surface area (Å²) in [5, 5.41) is 25.9. The van der Waals surface area contributed by atoms with Crippen molar-refractivity contribution in [3.63, 3.8) is 0 Å². The number of carbonyl (C=O) groups is 2. The van der Waals surface area contributed by atoms with Crippen LogP contribution in [0.3, 0.4) is 0 Å². The summed E-state index contributed by atoms with van der Waals surface area (Å²) < 4.78 is 1.29. The van der Waals surface area contributed by atoms with Crippen molar-refractivity contribution in [3.05, 3.63) is 32.0 Å². The highest BCUT2D eigenvalue weighted by atomic mass is 32.2. The predicted molar refractivity (Wildman–Crippen MR) is 144 cm³/mol. The number of amidine groups is 1. The van der Waals surface area contributed by atoms with Crippen molar-refractivity contribution < 1.29 is 19.9 Å². The largest absolute Gasteiger partial charge is 0.477 e. The number of aliphatic carboxylic acids is 1. The lowest BCUT2D eigenvalue weighted by molar-refractivity contribution is -0.155. The van der Waals surface area contributed by atoms with E-state index in [1.54, 1.807) is 0 Å². The minimum atomic E-state index is -1.23. The molecule has 13 nitrogen and oxygen atoms in total. The molecular formula is C21H31N7O6S3. The first-order valence-corrected chi connectivity index (χ1v) is 14.8. The number of carboxylic acid groups (broad SMARTS) is 1. The van der Waals surface area contributed by atoms with Crippen molar-refractivity contribution in [1.82, 2.24) is 30.5 Å². The van der Waals surface area contributed by atoms with Gasteiger partial charge in [0, 0.05) is 37.4 Å². The summed E-state index contributed by atoms with van der Waals surface area (Å²) in [5.41, 5.74) is 0.889. The fraction of sp³-hybridized carbons (Fsp3) is 0.619. The Hall–Kier alpha value is -2.27. The van der Waals surface area contributed by atoms with Crippen molar-refractivity contribution >= 4 is 52.3 Å². The van der Waals surface area contributed by atoms with Gasteiger partial charge in [-0.15, -0.1) is 11.8 Å². The van der Waals surface area contributed by atoms with Gasteiger partial charge in [-0.2, -0.15) is 4.98 Å². The van der Waals surface area contributed by atoms with Gasteiger partial charge in [0.2, 0.25) is 5.91 Å². The van der Waals surface area contributed by atoms with Gasteiger partial charge in [-0.05, 0) is 18.4 Å². The van der Waals surface area contributed by atoms with Gasteiger partial charge in [0.15, 0.2) is 10.3 Å². The fourth-order valence-electron chi connectivity index (χ4n) is 3.79. The number of carbonyl (C=O) groups excluding carboxylic acids is 1. The number of hydrogen-bond acceptors (Lipinski definition) is 11. The molecule has 1 fully saturated rings. The number of aromatic nitrogens is 3. The molecule has 1 saturated heterocycles. The molecule has 0 aromatic carbocycles. The molecule has 0 aliphatic carbocycles. The molecule has 204 valence electrons. The summed E-state index contributed by atoms with van der Waals surface area (Å²) in [4.78, 5) is 57.9. The maximum Gasteiger partial charge on any atom is 0.352 e. The van der Waals surface area contributed by atoms with Crippen molar-refractivity contribution in [2.24, 2.45) is 18.0 Å². The number of H-pyrrole nitrogens is 1. The molecular weight excluding hydrogens is 542 g/mol. The molecule has 16 heteroatoms. The Balaban J connectivity index is 1.73. The van der Waals surface area contributed by atoms with Gasteiger partial charge < -0.3 is 15.6 Å². The molecule has 3 unspecified atom stereocenters. The van der Waals surface area contributed by atoms with Crippen molar-refractivity contribution in [2.45, 2.75) is 43.3 Å². The van der Waals surface area contributed by atoms with Gasteiger partial charge in [-0.3, -0.25) is 34.1 Å². The lowest BCUT2D eigenvalue weighted by atomic mass is 9.89. The Labute approximate surface area is 225 Å². The smallest absolute Gasteiger partial charge is 0.352 e. The molecule has 1 amide bonds. The normalized spacial score (nSPS) is 20.5. The SMILES string of the molecule is CCC/N=C(\NCCC)SCC(NO)C1C(=O)N2C(C(=O)O)=C(CSc3nc(=O)c(=O)[nH]n3C)CSC12. The van der Waals surface area contributed by atoms with Crippen LogP contribution in [0, 0.1) is 5.92 Å². The summed E-state index contributed by atoms with van der Waals surface area (Å²) in [5.74, 6) is -1.32. The van der Waals surface area contributed by atoms with E-state index in [1.165, 1.54) is 40.2 Å². The van der Waals surface area contributed by atoms with Crippen LogP contribution in [0.2, 0.25) is 0 Å². The highest BCUT2D eigenvalue weighted by molar-refractivity contribution is 8.13. The number of hydrogen-bond donors (Lipinski definition) is 5. The molecule has 1 aromatic heterocycles. The standard InChI is InChI=1S/C21H31N7O6S3/c1-4-6-22-20(23-7-5-2)36-10-12(26-34)13-17(31)28-14(19(32)33)11(8-35-18(13)28)9-37-21-24-15(29)16(30)25-27(21)3/h12-13,18,26,34H,4-10H2,1-3H3,(H,22,23)(H,25,30)(H,32,33). The summed E-state index contributed by atoms with van der Waals surface area (Å²) in [6.07, 6.45) is 1.83. The van der Waals surface area contributed by atoms with E-state index in [1.807, 2.05) is 13.8 Å². The molecule has 5 N–H and O–H groups in total. The molecule has 2 aliphatic rings. The summed E-state index contributed by atoms with van der Waals surface area (Å²) >= 11 is 3.93. The van der Waals surface area contributed by atoms with E-state index in [2.05, 4.69) is 25.9 Å². The van der Waals surface area contributed by atoms with E-state index >= 15 is 0 Å². The van der Waals surface area contributed by atoms with Gasteiger partial charge in [-0.25, -0.2) is 10.3 Å². The van der Waals surface area contributed by atoms with Gasteiger partial charge in [0.25, 0.3) is 0 Å². The summed E-state index contributed by atoms with van der Waals surface area (Å²) in [6.45, 7) is 5.51. The number of rotatable bonds is 12. The Morgan fingerprint density at radius 1 is 1.32 bits per heavy atom. The molecule has 2 aliphatic heterocycles. The molecule has 3 atom stereocenters. The molecule has 3 rings (SSSR count). The van der Waals surface area contributed by atoms with E-state index in [9.17, 15) is 29.5 Å². The zero-order valence-corrected chi connectivity index (χ0v) is 23.2. The van der Waals surface area contributed by atoms with E-state index in [-0.39, 0.29) is 22.5 Å². The molecule has 37 heavy (non-hydrogen) atoms. The molecule has 0 saturated carbocycles. The van der Waals surface area contributed by atoms with Crippen LogP contribution in [0.1, 0.15) is 26.7 Å². The second kappa shape index (κ2) is 13.5. The van der Waals surface area contributed by atoms with E-state index in [0.29, 0.717) is 23.6 Å². The Bertz CT molecular complexity index is 1180. The van der Waals surface area contributed by atoms with E-state index in [0.717, 1.165) is 36.3 Å². The van der Waals surface area contributed by atoms with Gasteiger partial charge in [-0.1, -0.05) is 37.4 Å². The number of aliphatic imine (C=N–C) groups is 1. The molecule has 0 radical (unpaired) electrons. The molecule has 0 spiro atoms. The Kier molecular flexibility index (Phi) is 10.7. The number of fused-ring (bicyclic) bond motifs is 1. The van der Waals surface area contributed by atoms with Gasteiger partial charge in [0.05, 0.1) is 17.3 Å². The average Bonchev–Trinajstić information content (AvgIpc) is 2.87. The first-order valence-electron chi connectivity index (χ1n) is 11.7. The van der Waals surface area contributed by atoms with Crippen LogP contribution in [0.5, 0.6) is 0 Å². The number of nitrogens with zero attached hydrogens (tertiary/aromatic N) is 4. The van der Waals surface area contributed by atoms with Crippen molar-refractivity contribution in [1.29, 1.82) is 0 Å². The number of aromatic amines is 1. The first-order chi connectivity index (χ1) is 17.7. The summed E-state index contributed by atoms with van der Waals surface area (Å²) in [7, 11) is 1.52. The third kappa shape index (κ3) is 6.79. The van der Waals surface area contributed by atoms with E-state index in [4.69, 9.17) is 0 Å². The number of amides is 1.